The summed E-state index contributed by atoms with van der Waals surface area (Å²) in [5.41, 5.74) is 4.61. The molecule has 1 aromatic rings. The van der Waals surface area contributed by atoms with Gasteiger partial charge in [0.05, 0.1) is 5.69 Å². The number of halogens is 3. The lowest BCUT2D eigenvalue weighted by atomic mass is 10.2. The Kier molecular flexibility index (Phi) is 3.02. The Hall–Kier alpha value is -0.910. The monoisotopic (exact) mass is 252 g/mol. The van der Waals surface area contributed by atoms with Crippen LogP contribution in [-0.4, -0.2) is 4.98 Å². The summed E-state index contributed by atoms with van der Waals surface area (Å²) in [6.07, 6.45) is -2.69. The van der Waals surface area contributed by atoms with Gasteiger partial charge < -0.3 is 10.7 Å². The maximum atomic E-state index is 12.2. The lowest BCUT2D eigenvalue weighted by Gasteiger charge is -2.04. The zero-order valence-corrected chi connectivity index (χ0v) is 8.07. The minimum absolute atomic E-state index is 0.0266. The van der Waals surface area contributed by atoms with Gasteiger partial charge in [0.15, 0.2) is 0 Å². The highest BCUT2D eigenvalue weighted by Gasteiger charge is 2.12. The molecule has 1 heterocycles. The molecule has 3 N–H and O–H groups in total. The van der Waals surface area contributed by atoms with Crippen LogP contribution in [0.4, 0.5) is 14.5 Å². The van der Waals surface area contributed by atoms with Gasteiger partial charge in [-0.05, 0) is 11.6 Å². The summed E-state index contributed by atoms with van der Waals surface area (Å²) in [6, 6.07) is 1.18. The molecule has 0 bridgehead atoms. The molecule has 0 aliphatic heterocycles. The molecule has 0 unspecified atom stereocenters. The highest BCUT2D eigenvalue weighted by molar-refractivity contribution is 9.08. The molecule has 0 atom stereocenters. The van der Waals surface area contributed by atoms with Crippen LogP contribution in [0.5, 0.6) is 0 Å². The largest absolute Gasteiger partial charge is 0.394 e. The Bertz CT molecular complexity index is 364. The predicted molar refractivity (Wildman–Crippen MR) is 49.1 cm³/mol. The van der Waals surface area contributed by atoms with Crippen LogP contribution in [0, 0.1) is 0 Å². The highest BCUT2D eigenvalue weighted by Crippen LogP contribution is 2.19. The summed E-state index contributed by atoms with van der Waals surface area (Å²) in [4.78, 5) is 13.0. The number of H-pyrrole nitrogens is 1. The first-order valence-electron chi connectivity index (χ1n) is 3.42. The van der Waals surface area contributed by atoms with E-state index in [0.29, 0.717) is 5.56 Å². The summed E-state index contributed by atoms with van der Waals surface area (Å²) in [5, 5.41) is 0.280. The number of nitrogens with one attached hydrogen (secondary N) is 1. The van der Waals surface area contributed by atoms with Crippen molar-refractivity contribution in [3.8, 4) is 0 Å². The Morgan fingerprint density at radius 3 is 2.69 bits per heavy atom. The first-order valence-corrected chi connectivity index (χ1v) is 4.54. The number of anilines is 1. The molecule has 0 saturated carbocycles. The number of alkyl halides is 3. The van der Waals surface area contributed by atoms with E-state index in [-0.39, 0.29) is 11.0 Å². The number of rotatable bonds is 2. The molecule has 0 fully saturated rings. The fourth-order valence-corrected chi connectivity index (χ4v) is 1.34. The van der Waals surface area contributed by atoms with Crippen LogP contribution in [0.25, 0.3) is 0 Å². The molecule has 13 heavy (non-hydrogen) atoms. The average Bonchev–Trinajstić information content (AvgIpc) is 2.09. The number of hydrogen-bond acceptors (Lipinski definition) is 2. The van der Waals surface area contributed by atoms with E-state index in [4.69, 9.17) is 5.73 Å². The number of nitrogens with two attached hydrogens (primary N) is 1. The van der Waals surface area contributed by atoms with E-state index in [1.165, 1.54) is 6.07 Å². The number of hydrogen-bond donors (Lipinski definition) is 2. The third-order valence-electron chi connectivity index (χ3n) is 1.56. The molecular formula is C7H7BrF2N2O. The van der Waals surface area contributed by atoms with Gasteiger partial charge in [-0.15, -0.1) is 0 Å². The molecule has 0 radical (unpaired) electrons. The summed E-state index contributed by atoms with van der Waals surface area (Å²) in [6.45, 7) is 0. The van der Waals surface area contributed by atoms with Crippen molar-refractivity contribution in [2.75, 3.05) is 5.73 Å². The Labute approximate surface area is 81.1 Å². The molecule has 6 heteroatoms. The quantitative estimate of drug-likeness (QED) is 0.789. The molecule has 0 saturated heterocycles. The summed E-state index contributed by atoms with van der Waals surface area (Å²) >= 11 is 3.05. The maximum Gasteiger partial charge on any atom is 0.278 e. The van der Waals surface area contributed by atoms with Crippen molar-refractivity contribution >= 4 is 21.6 Å². The zero-order chi connectivity index (χ0) is 10.0. The van der Waals surface area contributed by atoms with Crippen LogP contribution in [-0.2, 0) is 5.33 Å². The maximum absolute atomic E-state index is 12.2. The molecule has 0 amide bonds. The first kappa shape index (κ1) is 10.2. The van der Waals surface area contributed by atoms with Crippen LogP contribution in [0.2, 0.25) is 0 Å². The SMILES string of the molecule is Nc1c(CBr)cc(C(F)F)[nH]c1=O. The van der Waals surface area contributed by atoms with Gasteiger partial charge in [0, 0.05) is 5.33 Å². The van der Waals surface area contributed by atoms with Gasteiger partial charge >= 0.3 is 0 Å². The van der Waals surface area contributed by atoms with Crippen LogP contribution < -0.4 is 11.3 Å². The highest BCUT2D eigenvalue weighted by atomic mass is 79.9. The number of aromatic nitrogens is 1. The Balaban J connectivity index is 3.31. The number of nitrogen functional groups attached to an aromatic ring is 1. The number of aromatic amines is 1. The molecule has 72 valence electrons. The second kappa shape index (κ2) is 3.87. The smallest absolute Gasteiger partial charge is 0.278 e. The third-order valence-corrected chi connectivity index (χ3v) is 2.16. The molecule has 0 aliphatic rings. The predicted octanol–water partition coefficient (Wildman–Crippen LogP) is 1.79. The van der Waals surface area contributed by atoms with Crippen LogP contribution in [0.15, 0.2) is 10.9 Å². The van der Waals surface area contributed by atoms with Gasteiger partial charge in [0.25, 0.3) is 12.0 Å². The zero-order valence-electron chi connectivity index (χ0n) is 6.48. The minimum atomic E-state index is -2.69. The fourth-order valence-electron chi connectivity index (χ4n) is 0.874. The van der Waals surface area contributed by atoms with E-state index in [9.17, 15) is 13.6 Å². The van der Waals surface area contributed by atoms with Gasteiger partial charge in [-0.1, -0.05) is 15.9 Å². The van der Waals surface area contributed by atoms with E-state index in [1.54, 1.807) is 0 Å². The lowest BCUT2D eigenvalue weighted by molar-refractivity contribution is 0.146. The van der Waals surface area contributed by atoms with Gasteiger partial charge in [-0.3, -0.25) is 4.79 Å². The molecule has 1 aromatic heterocycles. The second-order valence-electron chi connectivity index (χ2n) is 2.43. The first-order chi connectivity index (χ1) is 6.06. The van der Waals surface area contributed by atoms with E-state index in [2.05, 4.69) is 15.9 Å². The molecule has 0 spiro atoms. The third kappa shape index (κ3) is 2.06. The van der Waals surface area contributed by atoms with Gasteiger partial charge in [-0.2, -0.15) is 0 Å². The van der Waals surface area contributed by atoms with E-state index in [1.807, 2.05) is 4.98 Å². The fraction of sp³-hybridized carbons (Fsp3) is 0.286. The van der Waals surface area contributed by atoms with E-state index >= 15 is 0 Å². The summed E-state index contributed by atoms with van der Waals surface area (Å²) < 4.78 is 24.3. The standard InChI is InChI=1S/C7H7BrF2N2O/c8-2-3-1-4(6(9)10)12-7(13)5(3)11/h1,6H,2,11H2,(H,12,13). The van der Waals surface area contributed by atoms with Crippen molar-refractivity contribution in [1.29, 1.82) is 0 Å². The van der Waals surface area contributed by atoms with Crippen molar-refractivity contribution in [2.45, 2.75) is 11.8 Å². The lowest BCUT2D eigenvalue weighted by Crippen LogP contribution is -2.16. The molecule has 0 aromatic carbocycles. The average molecular weight is 253 g/mol. The van der Waals surface area contributed by atoms with Crippen molar-refractivity contribution < 1.29 is 8.78 Å². The molecule has 1 rings (SSSR count). The van der Waals surface area contributed by atoms with Gasteiger partial charge in [0.2, 0.25) is 0 Å². The van der Waals surface area contributed by atoms with E-state index < -0.39 is 17.7 Å². The van der Waals surface area contributed by atoms with Crippen molar-refractivity contribution in [1.82, 2.24) is 4.98 Å². The van der Waals surface area contributed by atoms with Crippen molar-refractivity contribution in [3.05, 3.63) is 27.7 Å². The van der Waals surface area contributed by atoms with E-state index in [0.717, 1.165) is 0 Å². The second-order valence-corrected chi connectivity index (χ2v) is 2.99. The van der Waals surface area contributed by atoms with Gasteiger partial charge in [0.1, 0.15) is 5.69 Å². The number of pyridine rings is 1. The van der Waals surface area contributed by atoms with Crippen LogP contribution in [0.3, 0.4) is 0 Å². The van der Waals surface area contributed by atoms with Crippen molar-refractivity contribution in [3.63, 3.8) is 0 Å². The Morgan fingerprint density at radius 2 is 2.23 bits per heavy atom. The van der Waals surface area contributed by atoms with Gasteiger partial charge in [-0.25, -0.2) is 8.78 Å². The molecule has 3 nitrogen and oxygen atoms in total. The summed E-state index contributed by atoms with van der Waals surface area (Å²) in [5.74, 6) is 0. The normalized spacial score (nSPS) is 10.8. The van der Waals surface area contributed by atoms with Crippen LogP contribution >= 0.6 is 15.9 Å². The Morgan fingerprint density at radius 1 is 1.62 bits per heavy atom. The summed E-state index contributed by atoms with van der Waals surface area (Å²) in [7, 11) is 0. The topological polar surface area (TPSA) is 58.9 Å². The van der Waals surface area contributed by atoms with Crippen LogP contribution in [0.1, 0.15) is 17.7 Å². The molecule has 0 aliphatic carbocycles. The molecular weight excluding hydrogens is 246 g/mol. The van der Waals surface area contributed by atoms with Crippen molar-refractivity contribution in [2.24, 2.45) is 0 Å². The minimum Gasteiger partial charge on any atom is -0.394 e.